The Bertz CT molecular complexity index is 1230. The van der Waals surface area contributed by atoms with Crippen LogP contribution in [0.5, 0.6) is 0 Å². The van der Waals surface area contributed by atoms with Crippen molar-refractivity contribution in [1.29, 1.82) is 0 Å². The summed E-state index contributed by atoms with van der Waals surface area (Å²) in [6.45, 7) is 2.80. The van der Waals surface area contributed by atoms with Gasteiger partial charge in [-0.05, 0) is 33.1 Å². The molecule has 1 saturated heterocycles. The van der Waals surface area contributed by atoms with Crippen molar-refractivity contribution < 1.29 is 62.9 Å². The molecule has 0 radical (unpaired) electrons. The molecule has 0 aromatic heterocycles. The number of hydrogen-bond donors (Lipinski definition) is 5. The van der Waals surface area contributed by atoms with E-state index in [0.29, 0.717) is 11.5 Å². The number of carbonyl (C=O) groups excluding carboxylic acids is 6. The number of amides is 5. The highest BCUT2D eigenvalue weighted by Crippen LogP contribution is 2.15. The summed E-state index contributed by atoms with van der Waals surface area (Å²) in [5, 5.41) is 26.4. The number of aliphatic carboxylic acids is 2. The van der Waals surface area contributed by atoms with Crippen LogP contribution in [0.15, 0.2) is 0 Å². The normalized spacial score (nSPS) is 13.4. The number of nitrogens with one attached hydrogen (secondary N) is 3. The molecule has 1 rings (SSSR count). The fourth-order valence-electron chi connectivity index (χ4n) is 5.92. The highest BCUT2D eigenvalue weighted by Gasteiger charge is 2.33. The standard InChI is InChI=1S/C39H66N4O13/c1-39(2,38(53)40-25-26-54-27-28-55-29-36(50)56-43-33(46)23-24-34(43)47)42-32(45)22-21-30(37(51)52)41-31(44)19-17-15-13-11-9-7-5-3-4-6-8-10-12-14-16-18-20-35(48)49/h30H,3-29H2,1-2H3,(H,40,53)(H,41,44)(H,42,45)(H,48,49)(H,51,52)/t30-/m0/s1. The molecule has 17 nitrogen and oxygen atoms in total. The molecule has 5 N–H and O–H groups in total. The number of carboxylic acid groups (broad SMARTS) is 2. The summed E-state index contributed by atoms with van der Waals surface area (Å²) in [4.78, 5) is 99.1. The minimum atomic E-state index is -1.31. The van der Waals surface area contributed by atoms with Gasteiger partial charge in [-0.15, -0.1) is 5.06 Å². The van der Waals surface area contributed by atoms with Crippen molar-refractivity contribution in [2.45, 2.75) is 167 Å². The van der Waals surface area contributed by atoms with Crippen LogP contribution in [-0.2, 0) is 52.7 Å². The van der Waals surface area contributed by atoms with E-state index in [0.717, 1.165) is 44.9 Å². The number of hydrogen-bond acceptors (Lipinski definition) is 11. The third-order valence-electron chi connectivity index (χ3n) is 9.18. The van der Waals surface area contributed by atoms with Gasteiger partial charge in [0.05, 0.1) is 19.8 Å². The number of ether oxygens (including phenoxy) is 2. The fourth-order valence-corrected chi connectivity index (χ4v) is 5.92. The van der Waals surface area contributed by atoms with E-state index in [1.54, 1.807) is 0 Å². The van der Waals surface area contributed by atoms with Gasteiger partial charge in [0.25, 0.3) is 11.8 Å². The number of nitrogens with zero attached hydrogens (tertiary/aromatic N) is 1. The lowest BCUT2D eigenvalue weighted by Gasteiger charge is -2.25. The quantitative estimate of drug-likeness (QED) is 0.0449. The van der Waals surface area contributed by atoms with Crippen LogP contribution in [0.2, 0.25) is 0 Å². The van der Waals surface area contributed by atoms with Gasteiger partial charge in [0, 0.05) is 38.6 Å². The van der Waals surface area contributed by atoms with Crippen molar-refractivity contribution in [2.75, 3.05) is 33.0 Å². The fraction of sp³-hybridized carbons (Fsp3) is 0.795. The lowest BCUT2D eigenvalue weighted by atomic mass is 10.0. The monoisotopic (exact) mass is 798 g/mol. The molecule has 17 heteroatoms. The van der Waals surface area contributed by atoms with Gasteiger partial charge in [-0.25, -0.2) is 9.59 Å². The van der Waals surface area contributed by atoms with Crippen molar-refractivity contribution in [3.05, 3.63) is 0 Å². The molecule has 0 bridgehead atoms. The zero-order valence-electron chi connectivity index (χ0n) is 33.5. The molecule has 1 aliphatic rings. The third-order valence-corrected chi connectivity index (χ3v) is 9.18. The van der Waals surface area contributed by atoms with E-state index in [4.69, 9.17) is 14.6 Å². The minimum absolute atomic E-state index is 0.00983. The Kier molecular flexibility index (Phi) is 26.8. The van der Waals surface area contributed by atoms with Crippen LogP contribution in [0.3, 0.4) is 0 Å². The molecule has 1 fully saturated rings. The average Bonchev–Trinajstić information content (AvgIpc) is 3.45. The molecular weight excluding hydrogens is 732 g/mol. The van der Waals surface area contributed by atoms with Gasteiger partial charge in [0.2, 0.25) is 17.7 Å². The molecule has 1 aliphatic heterocycles. The zero-order chi connectivity index (χ0) is 41.6. The van der Waals surface area contributed by atoms with E-state index in [2.05, 4.69) is 20.8 Å². The molecule has 0 aromatic carbocycles. The summed E-state index contributed by atoms with van der Waals surface area (Å²) in [7, 11) is 0. The lowest BCUT2D eigenvalue weighted by Crippen LogP contribution is -2.55. The number of hydroxylamine groups is 2. The Morgan fingerprint density at radius 1 is 0.661 bits per heavy atom. The topological polar surface area (TPSA) is 244 Å². The van der Waals surface area contributed by atoms with Gasteiger partial charge < -0.3 is 40.5 Å². The van der Waals surface area contributed by atoms with Crippen LogP contribution in [0.25, 0.3) is 0 Å². The number of carboxylic acids is 2. The van der Waals surface area contributed by atoms with Crippen LogP contribution in [0, 0.1) is 0 Å². The van der Waals surface area contributed by atoms with Gasteiger partial charge >= 0.3 is 17.9 Å². The maximum Gasteiger partial charge on any atom is 0.358 e. The molecule has 5 amide bonds. The van der Waals surface area contributed by atoms with Crippen molar-refractivity contribution >= 4 is 47.4 Å². The lowest BCUT2D eigenvalue weighted by molar-refractivity contribution is -0.200. The first kappa shape index (κ1) is 49.9. The van der Waals surface area contributed by atoms with Gasteiger partial charge in [-0.3, -0.25) is 28.8 Å². The second-order valence-corrected chi connectivity index (χ2v) is 14.7. The molecule has 1 heterocycles. The molecule has 0 saturated carbocycles. The largest absolute Gasteiger partial charge is 0.481 e. The van der Waals surface area contributed by atoms with Crippen LogP contribution in [0.1, 0.15) is 155 Å². The first-order valence-corrected chi connectivity index (χ1v) is 20.3. The summed E-state index contributed by atoms with van der Waals surface area (Å²) in [6.07, 6.45) is 17.7. The molecule has 320 valence electrons. The summed E-state index contributed by atoms with van der Waals surface area (Å²) in [5.41, 5.74) is -1.31. The Balaban J connectivity index is 2.07. The molecular formula is C39H66N4O13. The Hall–Kier alpha value is -4.12. The summed E-state index contributed by atoms with van der Waals surface area (Å²) >= 11 is 0. The molecule has 56 heavy (non-hydrogen) atoms. The Morgan fingerprint density at radius 2 is 1.14 bits per heavy atom. The smallest absolute Gasteiger partial charge is 0.358 e. The van der Waals surface area contributed by atoms with Crippen LogP contribution < -0.4 is 16.0 Å². The van der Waals surface area contributed by atoms with Gasteiger partial charge in [0.1, 0.15) is 18.2 Å². The van der Waals surface area contributed by atoms with Crippen LogP contribution in [0.4, 0.5) is 0 Å². The van der Waals surface area contributed by atoms with Gasteiger partial charge in [0.15, 0.2) is 0 Å². The van der Waals surface area contributed by atoms with E-state index in [1.807, 2.05) is 0 Å². The van der Waals surface area contributed by atoms with Crippen molar-refractivity contribution in [1.82, 2.24) is 21.0 Å². The first-order valence-electron chi connectivity index (χ1n) is 20.3. The van der Waals surface area contributed by atoms with Crippen molar-refractivity contribution in [3.63, 3.8) is 0 Å². The van der Waals surface area contributed by atoms with E-state index >= 15 is 0 Å². The van der Waals surface area contributed by atoms with Gasteiger partial charge in [-0.1, -0.05) is 89.9 Å². The maximum atomic E-state index is 12.6. The summed E-state index contributed by atoms with van der Waals surface area (Å²) < 4.78 is 10.4. The minimum Gasteiger partial charge on any atom is -0.481 e. The molecule has 0 spiro atoms. The maximum absolute atomic E-state index is 12.6. The number of rotatable bonds is 35. The van der Waals surface area contributed by atoms with Crippen molar-refractivity contribution in [2.24, 2.45) is 0 Å². The first-order chi connectivity index (χ1) is 26.7. The van der Waals surface area contributed by atoms with Crippen LogP contribution in [-0.4, -0.2) is 107 Å². The second-order valence-electron chi connectivity index (χ2n) is 14.7. The summed E-state index contributed by atoms with van der Waals surface area (Å²) in [5.74, 6) is -5.45. The average molecular weight is 799 g/mol. The molecule has 1 atom stereocenters. The van der Waals surface area contributed by atoms with Crippen molar-refractivity contribution in [3.8, 4) is 0 Å². The van der Waals surface area contributed by atoms with Gasteiger partial charge in [-0.2, -0.15) is 0 Å². The highest BCUT2D eigenvalue weighted by atomic mass is 16.7. The highest BCUT2D eigenvalue weighted by molar-refractivity contribution is 6.01. The Morgan fingerprint density at radius 3 is 1.64 bits per heavy atom. The summed E-state index contributed by atoms with van der Waals surface area (Å²) in [6, 6.07) is -1.23. The zero-order valence-corrected chi connectivity index (χ0v) is 33.5. The van der Waals surface area contributed by atoms with Crippen LogP contribution >= 0.6 is 0 Å². The number of carbonyl (C=O) groups is 8. The predicted octanol–water partition coefficient (Wildman–Crippen LogP) is 4.09. The van der Waals surface area contributed by atoms with E-state index in [1.165, 1.54) is 65.2 Å². The van der Waals surface area contributed by atoms with E-state index in [-0.39, 0.29) is 70.8 Å². The molecule has 0 aliphatic carbocycles. The third kappa shape index (κ3) is 25.1. The number of unbranched alkanes of at least 4 members (excludes halogenated alkanes) is 15. The van der Waals surface area contributed by atoms with E-state index < -0.39 is 59.7 Å². The second kappa shape index (κ2) is 30.1. The molecule has 0 aromatic rings. The SMILES string of the molecule is CC(C)(NC(=O)CC[C@H](NC(=O)CCCCCCCCCCCCCCCCCCC(=O)O)C(=O)O)C(=O)NCCOCCOCC(=O)ON1C(=O)CCC1=O. The predicted molar refractivity (Wildman–Crippen MR) is 204 cm³/mol. The number of imide groups is 1. The Labute approximate surface area is 330 Å². The molecule has 0 unspecified atom stereocenters. The van der Waals surface area contributed by atoms with E-state index in [9.17, 15) is 43.5 Å².